The molecular weight excluding hydrogens is 434 g/mol. The third kappa shape index (κ3) is 4.90. The molecule has 26 heavy (non-hydrogen) atoms. The molecule has 0 aliphatic heterocycles. The molecule has 1 aliphatic rings. The van der Waals surface area contributed by atoms with Gasteiger partial charge in [-0.05, 0) is 61.4 Å². The van der Waals surface area contributed by atoms with Gasteiger partial charge in [0.1, 0.15) is 0 Å². The van der Waals surface area contributed by atoms with Crippen molar-refractivity contribution >= 4 is 49.1 Å². The minimum atomic E-state index is -3.25. The van der Waals surface area contributed by atoms with Crippen molar-refractivity contribution in [3.8, 4) is 0 Å². The van der Waals surface area contributed by atoms with Crippen molar-refractivity contribution in [3.05, 3.63) is 53.0 Å². The quantitative estimate of drug-likeness (QED) is 0.631. The van der Waals surface area contributed by atoms with Crippen LogP contribution >= 0.6 is 27.7 Å². The van der Waals surface area contributed by atoms with Gasteiger partial charge in [0.2, 0.25) is 5.91 Å². The molecule has 0 atom stereocenters. The lowest BCUT2D eigenvalue weighted by Crippen LogP contribution is -2.18. The number of hydrogen-bond donors (Lipinski definition) is 1. The molecule has 1 fully saturated rings. The number of thioether (sulfide) groups is 1. The number of sulfone groups is 1. The Labute approximate surface area is 166 Å². The Bertz CT molecular complexity index is 859. The van der Waals surface area contributed by atoms with Gasteiger partial charge in [-0.15, -0.1) is 11.8 Å². The molecule has 1 saturated carbocycles. The van der Waals surface area contributed by atoms with Crippen LogP contribution in [0.5, 0.6) is 0 Å². The molecule has 1 N–H and O–H groups in total. The van der Waals surface area contributed by atoms with E-state index in [9.17, 15) is 13.2 Å². The van der Waals surface area contributed by atoms with E-state index in [-0.39, 0.29) is 11.2 Å². The van der Waals surface area contributed by atoms with Crippen LogP contribution in [0.1, 0.15) is 25.7 Å². The van der Waals surface area contributed by atoms with Crippen LogP contribution in [-0.2, 0) is 14.6 Å². The fourth-order valence-electron chi connectivity index (χ4n) is 3.00. The van der Waals surface area contributed by atoms with Crippen molar-refractivity contribution in [2.75, 3.05) is 11.1 Å². The molecular formula is C19H20BrNO3S2. The first-order valence-corrected chi connectivity index (χ1v) is 11.8. The number of nitrogens with one attached hydrogen (secondary N) is 1. The third-order valence-electron chi connectivity index (χ3n) is 4.39. The second kappa shape index (κ2) is 8.59. The molecule has 1 amide bonds. The van der Waals surface area contributed by atoms with E-state index in [4.69, 9.17) is 0 Å². The number of anilines is 1. The molecule has 138 valence electrons. The second-order valence-electron chi connectivity index (χ2n) is 6.27. The Morgan fingerprint density at radius 2 is 1.65 bits per heavy atom. The van der Waals surface area contributed by atoms with Crippen molar-refractivity contribution in [3.63, 3.8) is 0 Å². The molecule has 2 aromatic carbocycles. The maximum Gasteiger partial charge on any atom is 0.234 e. The predicted octanol–water partition coefficient (Wildman–Crippen LogP) is 4.90. The fourth-order valence-corrected chi connectivity index (χ4v) is 5.81. The van der Waals surface area contributed by atoms with E-state index in [1.807, 2.05) is 24.3 Å². The molecule has 2 aromatic rings. The molecule has 4 nitrogen and oxygen atoms in total. The standard InChI is InChI=1S/C19H20BrNO3S2/c20-14-5-9-16(10-6-14)25-13-19(22)21-15-7-11-18(12-8-15)26(23,24)17-3-1-2-4-17/h5-12,17H,1-4,13H2,(H,21,22). The van der Waals surface area contributed by atoms with Crippen LogP contribution in [0.4, 0.5) is 5.69 Å². The largest absolute Gasteiger partial charge is 0.325 e. The summed E-state index contributed by atoms with van der Waals surface area (Å²) < 4.78 is 26.1. The summed E-state index contributed by atoms with van der Waals surface area (Å²) in [5, 5.41) is 2.55. The summed E-state index contributed by atoms with van der Waals surface area (Å²) in [7, 11) is -3.25. The number of hydrogen-bond acceptors (Lipinski definition) is 4. The maximum atomic E-state index is 12.6. The minimum Gasteiger partial charge on any atom is -0.325 e. The van der Waals surface area contributed by atoms with E-state index in [0.29, 0.717) is 16.3 Å². The van der Waals surface area contributed by atoms with Crippen molar-refractivity contribution in [1.82, 2.24) is 0 Å². The number of benzene rings is 2. The second-order valence-corrected chi connectivity index (χ2v) is 10.5. The van der Waals surface area contributed by atoms with Gasteiger partial charge in [-0.1, -0.05) is 28.8 Å². The Kier molecular flexibility index (Phi) is 6.42. The topological polar surface area (TPSA) is 63.2 Å². The molecule has 0 saturated heterocycles. The summed E-state index contributed by atoms with van der Waals surface area (Å²) in [6.45, 7) is 0. The lowest BCUT2D eigenvalue weighted by atomic mass is 10.3. The van der Waals surface area contributed by atoms with E-state index in [1.165, 1.54) is 11.8 Å². The summed E-state index contributed by atoms with van der Waals surface area (Å²) in [6.07, 6.45) is 3.45. The summed E-state index contributed by atoms with van der Waals surface area (Å²) in [5.41, 5.74) is 0.608. The molecule has 3 rings (SSSR count). The van der Waals surface area contributed by atoms with E-state index < -0.39 is 9.84 Å². The van der Waals surface area contributed by atoms with Crippen LogP contribution in [0.25, 0.3) is 0 Å². The lowest BCUT2D eigenvalue weighted by Gasteiger charge is -2.12. The Morgan fingerprint density at radius 3 is 2.27 bits per heavy atom. The van der Waals surface area contributed by atoms with Gasteiger partial charge < -0.3 is 5.32 Å². The average Bonchev–Trinajstić information content (AvgIpc) is 3.17. The molecule has 0 radical (unpaired) electrons. The molecule has 0 spiro atoms. The monoisotopic (exact) mass is 453 g/mol. The zero-order chi connectivity index (χ0) is 18.6. The molecule has 0 unspecified atom stereocenters. The highest BCUT2D eigenvalue weighted by molar-refractivity contribution is 9.10. The SMILES string of the molecule is O=C(CSc1ccc(Br)cc1)Nc1ccc(S(=O)(=O)C2CCCC2)cc1. The van der Waals surface area contributed by atoms with Crippen LogP contribution in [0.3, 0.4) is 0 Å². The first-order chi connectivity index (χ1) is 12.4. The van der Waals surface area contributed by atoms with Crippen molar-refractivity contribution in [2.45, 2.75) is 40.7 Å². The van der Waals surface area contributed by atoms with Crippen LogP contribution in [0.2, 0.25) is 0 Å². The Hall–Kier alpha value is -1.31. The van der Waals surface area contributed by atoms with Crippen LogP contribution in [0, 0.1) is 0 Å². The van der Waals surface area contributed by atoms with Crippen molar-refractivity contribution in [2.24, 2.45) is 0 Å². The summed E-state index contributed by atoms with van der Waals surface area (Å²) >= 11 is 4.83. The Morgan fingerprint density at radius 1 is 1.04 bits per heavy atom. The number of carbonyl (C=O) groups excluding carboxylic acids is 1. The highest BCUT2D eigenvalue weighted by Gasteiger charge is 2.30. The number of rotatable bonds is 6. The van der Waals surface area contributed by atoms with Crippen molar-refractivity contribution < 1.29 is 13.2 Å². The van der Waals surface area contributed by atoms with E-state index >= 15 is 0 Å². The van der Waals surface area contributed by atoms with Crippen molar-refractivity contribution in [1.29, 1.82) is 0 Å². The minimum absolute atomic E-state index is 0.121. The lowest BCUT2D eigenvalue weighted by molar-refractivity contribution is -0.113. The van der Waals surface area contributed by atoms with Gasteiger partial charge in [-0.2, -0.15) is 0 Å². The normalized spacial score (nSPS) is 15.1. The van der Waals surface area contributed by atoms with Gasteiger partial charge in [-0.3, -0.25) is 4.79 Å². The number of carbonyl (C=O) groups is 1. The van der Waals surface area contributed by atoms with E-state index in [0.717, 1.165) is 35.1 Å². The fraction of sp³-hybridized carbons (Fsp3) is 0.316. The molecule has 7 heteroatoms. The van der Waals surface area contributed by atoms with Gasteiger partial charge in [0.25, 0.3) is 0 Å². The molecule has 1 aliphatic carbocycles. The number of halogens is 1. The zero-order valence-electron chi connectivity index (χ0n) is 14.2. The molecule has 0 bridgehead atoms. The Balaban J connectivity index is 1.56. The van der Waals surface area contributed by atoms with E-state index in [1.54, 1.807) is 24.3 Å². The third-order valence-corrected chi connectivity index (χ3v) is 8.21. The first-order valence-electron chi connectivity index (χ1n) is 8.47. The maximum absolute atomic E-state index is 12.6. The molecule has 0 aromatic heterocycles. The molecule has 0 heterocycles. The van der Waals surface area contributed by atoms with Gasteiger partial charge in [0.05, 0.1) is 15.9 Å². The summed E-state index contributed by atoms with van der Waals surface area (Å²) in [6, 6.07) is 14.3. The smallest absolute Gasteiger partial charge is 0.234 e. The highest BCUT2D eigenvalue weighted by atomic mass is 79.9. The summed E-state index contributed by atoms with van der Waals surface area (Å²) in [4.78, 5) is 13.4. The van der Waals surface area contributed by atoms with Gasteiger partial charge in [0, 0.05) is 15.1 Å². The van der Waals surface area contributed by atoms with Gasteiger partial charge in [-0.25, -0.2) is 8.42 Å². The summed E-state index contributed by atoms with van der Waals surface area (Å²) in [5.74, 6) is 0.174. The number of amides is 1. The van der Waals surface area contributed by atoms with Crippen LogP contribution in [-0.4, -0.2) is 25.3 Å². The van der Waals surface area contributed by atoms with E-state index in [2.05, 4.69) is 21.2 Å². The van der Waals surface area contributed by atoms with Gasteiger partial charge >= 0.3 is 0 Å². The zero-order valence-corrected chi connectivity index (χ0v) is 17.4. The van der Waals surface area contributed by atoms with Gasteiger partial charge in [0.15, 0.2) is 9.84 Å². The highest BCUT2D eigenvalue weighted by Crippen LogP contribution is 2.30. The van der Waals surface area contributed by atoms with Crippen LogP contribution in [0.15, 0.2) is 62.8 Å². The average molecular weight is 454 g/mol. The van der Waals surface area contributed by atoms with Crippen LogP contribution < -0.4 is 5.32 Å². The first kappa shape index (κ1) is 19.5. The predicted molar refractivity (Wildman–Crippen MR) is 109 cm³/mol.